The smallest absolute Gasteiger partial charge is 0.335 e. The van der Waals surface area contributed by atoms with Crippen LogP contribution in [-0.4, -0.2) is 38.6 Å². The Balaban J connectivity index is 1.68. The van der Waals surface area contributed by atoms with Crippen molar-refractivity contribution < 1.29 is 14.6 Å². The van der Waals surface area contributed by atoms with E-state index in [1.165, 1.54) is 4.68 Å². The number of rotatable bonds is 7. The number of carboxylic acid groups (broad SMARTS) is 1. The summed E-state index contributed by atoms with van der Waals surface area (Å²) in [5.74, 6) is 0.479. The molecule has 0 radical (unpaired) electrons. The van der Waals surface area contributed by atoms with Crippen LogP contribution in [0.25, 0.3) is 28.0 Å². The van der Waals surface area contributed by atoms with Crippen LogP contribution < -0.4 is 10.3 Å². The third-order valence-electron chi connectivity index (χ3n) is 7.66. The lowest BCUT2D eigenvalue weighted by molar-refractivity contribution is 0.0696. The third-order valence-corrected chi connectivity index (χ3v) is 7.66. The molecule has 2 aromatic heterocycles. The second-order valence-electron chi connectivity index (χ2n) is 10.8. The number of aromatic carboxylic acids is 1. The van der Waals surface area contributed by atoms with Gasteiger partial charge in [0.25, 0.3) is 5.56 Å². The van der Waals surface area contributed by atoms with Crippen LogP contribution >= 0.6 is 0 Å². The molecule has 0 amide bonds. The lowest BCUT2D eigenvalue weighted by Gasteiger charge is -2.17. The summed E-state index contributed by atoms with van der Waals surface area (Å²) in [7, 11) is 1.66. The number of aromatic nitrogens is 3. The lowest BCUT2D eigenvalue weighted by Crippen LogP contribution is -2.21. The standard InChI is InChI=1S/C34H34N4O4/c1-19(2)27-17-28(20(3)15-31(27)42-7)32-36-29-11-9-8-10-26(29)33(39)38(32)35-18-25-16-22(5)37(23(25)6)30-13-12-24(34(40)41)14-21(30)4/h8-19H,1-7H3,(H,40,41). The summed E-state index contributed by atoms with van der Waals surface area (Å²) in [6, 6.07) is 18.4. The zero-order chi connectivity index (χ0) is 30.3. The van der Waals surface area contributed by atoms with Crippen LogP contribution in [0.1, 0.15) is 63.8 Å². The van der Waals surface area contributed by atoms with Crippen molar-refractivity contribution in [2.45, 2.75) is 47.5 Å². The molecule has 8 heteroatoms. The van der Waals surface area contributed by atoms with Crippen LogP contribution in [-0.2, 0) is 0 Å². The number of para-hydroxylation sites is 1. The molecule has 5 aromatic rings. The van der Waals surface area contributed by atoms with Gasteiger partial charge in [-0.1, -0.05) is 26.0 Å². The third kappa shape index (κ3) is 5.00. The Morgan fingerprint density at radius 1 is 1.00 bits per heavy atom. The van der Waals surface area contributed by atoms with Gasteiger partial charge in [-0.05, 0) is 98.8 Å². The van der Waals surface area contributed by atoms with Crippen molar-refractivity contribution in [1.82, 2.24) is 14.2 Å². The van der Waals surface area contributed by atoms with E-state index in [0.717, 1.165) is 50.6 Å². The summed E-state index contributed by atoms with van der Waals surface area (Å²) in [6.07, 6.45) is 1.68. The van der Waals surface area contributed by atoms with Gasteiger partial charge in [0.15, 0.2) is 5.82 Å². The predicted molar refractivity (Wildman–Crippen MR) is 167 cm³/mol. The van der Waals surface area contributed by atoms with E-state index in [-0.39, 0.29) is 17.0 Å². The highest BCUT2D eigenvalue weighted by atomic mass is 16.5. The van der Waals surface area contributed by atoms with Gasteiger partial charge in [-0.15, -0.1) is 0 Å². The minimum atomic E-state index is -0.962. The first kappa shape index (κ1) is 28.5. The molecule has 0 spiro atoms. The summed E-state index contributed by atoms with van der Waals surface area (Å²) in [4.78, 5) is 30.2. The summed E-state index contributed by atoms with van der Waals surface area (Å²) in [5, 5.41) is 14.6. The quantitative estimate of drug-likeness (QED) is 0.220. The molecule has 214 valence electrons. The Kier molecular flexibility index (Phi) is 7.56. The number of ether oxygens (including phenoxy) is 1. The number of carboxylic acids is 1. The van der Waals surface area contributed by atoms with Crippen molar-refractivity contribution in [3.05, 3.63) is 110 Å². The summed E-state index contributed by atoms with van der Waals surface area (Å²) < 4.78 is 9.09. The number of nitrogens with zero attached hydrogens (tertiary/aromatic N) is 4. The Bertz CT molecular complexity index is 1950. The maximum atomic E-state index is 13.8. The van der Waals surface area contributed by atoms with Crippen molar-refractivity contribution in [1.29, 1.82) is 0 Å². The highest BCUT2D eigenvalue weighted by Crippen LogP contribution is 2.34. The first-order valence-corrected chi connectivity index (χ1v) is 13.8. The Morgan fingerprint density at radius 3 is 2.40 bits per heavy atom. The van der Waals surface area contributed by atoms with Crippen LogP contribution in [0.2, 0.25) is 0 Å². The molecule has 0 bridgehead atoms. The number of methoxy groups -OCH3 is 1. The number of hydrogen-bond donors (Lipinski definition) is 1. The lowest BCUT2D eigenvalue weighted by atomic mass is 9.96. The molecule has 0 unspecified atom stereocenters. The fourth-order valence-corrected chi connectivity index (χ4v) is 5.42. The number of benzene rings is 3. The monoisotopic (exact) mass is 562 g/mol. The number of fused-ring (bicyclic) bond motifs is 1. The minimum Gasteiger partial charge on any atom is -0.496 e. The van der Waals surface area contributed by atoms with Gasteiger partial charge in [0.2, 0.25) is 0 Å². The van der Waals surface area contributed by atoms with E-state index in [9.17, 15) is 14.7 Å². The maximum Gasteiger partial charge on any atom is 0.335 e. The molecule has 8 nitrogen and oxygen atoms in total. The molecule has 0 aliphatic heterocycles. The van der Waals surface area contributed by atoms with Crippen molar-refractivity contribution in [3.8, 4) is 22.8 Å². The zero-order valence-electron chi connectivity index (χ0n) is 24.9. The normalized spacial score (nSPS) is 11.6. The molecule has 0 aliphatic carbocycles. The molecule has 5 rings (SSSR count). The van der Waals surface area contributed by atoms with Gasteiger partial charge in [0.05, 0.1) is 29.8 Å². The van der Waals surface area contributed by atoms with Gasteiger partial charge < -0.3 is 14.4 Å². The predicted octanol–water partition coefficient (Wildman–Crippen LogP) is 6.80. The van der Waals surface area contributed by atoms with Crippen LogP contribution in [0.4, 0.5) is 0 Å². The van der Waals surface area contributed by atoms with Gasteiger partial charge in [0, 0.05) is 28.2 Å². The fraction of sp³-hybridized carbons (Fsp3) is 0.235. The van der Waals surface area contributed by atoms with Crippen LogP contribution in [0, 0.1) is 27.7 Å². The molecule has 0 fully saturated rings. The van der Waals surface area contributed by atoms with Crippen LogP contribution in [0.15, 0.2) is 70.6 Å². The van der Waals surface area contributed by atoms with Crippen LogP contribution in [0.3, 0.4) is 0 Å². The number of carbonyl (C=O) groups is 1. The number of hydrogen-bond acceptors (Lipinski definition) is 5. The molecule has 0 saturated carbocycles. The van der Waals surface area contributed by atoms with Gasteiger partial charge in [-0.25, -0.2) is 9.78 Å². The molecule has 1 N–H and O–H groups in total. The minimum absolute atomic E-state index is 0.196. The first-order valence-electron chi connectivity index (χ1n) is 13.8. The molecular weight excluding hydrogens is 528 g/mol. The van der Waals surface area contributed by atoms with Crippen molar-refractivity contribution in [3.63, 3.8) is 0 Å². The average Bonchev–Trinajstić information content (AvgIpc) is 3.24. The molecule has 0 saturated heterocycles. The number of aryl methyl sites for hydroxylation is 3. The van der Waals surface area contributed by atoms with E-state index in [2.05, 4.69) is 18.4 Å². The molecule has 2 heterocycles. The van der Waals surface area contributed by atoms with E-state index < -0.39 is 5.97 Å². The van der Waals surface area contributed by atoms with Crippen molar-refractivity contribution >= 4 is 23.1 Å². The van der Waals surface area contributed by atoms with E-state index in [1.807, 2.05) is 70.2 Å². The van der Waals surface area contributed by atoms with Crippen molar-refractivity contribution in [2.75, 3.05) is 7.11 Å². The largest absolute Gasteiger partial charge is 0.496 e. The second-order valence-corrected chi connectivity index (χ2v) is 10.8. The first-order chi connectivity index (χ1) is 20.0. The Labute approximate surface area is 244 Å². The summed E-state index contributed by atoms with van der Waals surface area (Å²) in [6.45, 7) is 12.0. The highest BCUT2D eigenvalue weighted by Gasteiger charge is 2.19. The Hall–Kier alpha value is -4.98. The molecule has 0 aliphatic rings. The SMILES string of the molecule is COc1cc(C)c(-c2nc3ccccc3c(=O)n2N=Cc2cc(C)n(-c3ccc(C(=O)O)cc3C)c2C)cc1C(C)C. The van der Waals surface area contributed by atoms with E-state index in [4.69, 9.17) is 14.8 Å². The van der Waals surface area contributed by atoms with Gasteiger partial charge in [0.1, 0.15) is 5.75 Å². The van der Waals surface area contributed by atoms with E-state index in [1.54, 1.807) is 31.5 Å². The molecule has 42 heavy (non-hydrogen) atoms. The molecule has 0 atom stereocenters. The van der Waals surface area contributed by atoms with E-state index in [0.29, 0.717) is 16.7 Å². The highest BCUT2D eigenvalue weighted by molar-refractivity contribution is 5.88. The average molecular weight is 563 g/mol. The second kappa shape index (κ2) is 11.1. The molecular formula is C34H34N4O4. The Morgan fingerprint density at radius 2 is 1.74 bits per heavy atom. The summed E-state index contributed by atoms with van der Waals surface area (Å²) in [5.41, 5.74) is 7.74. The fourth-order valence-electron chi connectivity index (χ4n) is 5.42. The van der Waals surface area contributed by atoms with Crippen molar-refractivity contribution in [2.24, 2.45) is 5.10 Å². The molecule has 3 aromatic carbocycles. The van der Waals surface area contributed by atoms with Gasteiger partial charge >= 0.3 is 5.97 Å². The topological polar surface area (TPSA) is 98.7 Å². The van der Waals surface area contributed by atoms with Gasteiger partial charge in [-0.2, -0.15) is 9.78 Å². The van der Waals surface area contributed by atoms with Crippen LogP contribution in [0.5, 0.6) is 5.75 Å². The zero-order valence-corrected chi connectivity index (χ0v) is 24.9. The van der Waals surface area contributed by atoms with Gasteiger partial charge in [-0.3, -0.25) is 4.79 Å². The van der Waals surface area contributed by atoms with E-state index >= 15 is 0 Å². The maximum absolute atomic E-state index is 13.8. The summed E-state index contributed by atoms with van der Waals surface area (Å²) >= 11 is 0.